The van der Waals surface area contributed by atoms with E-state index in [2.05, 4.69) is 25.8 Å². The number of amides is 1. The number of anilines is 1. The monoisotopic (exact) mass is 298 g/mol. The van der Waals surface area contributed by atoms with Gasteiger partial charge in [-0.25, -0.2) is 9.67 Å². The van der Waals surface area contributed by atoms with Crippen LogP contribution in [0.1, 0.15) is 5.56 Å². The third-order valence-electron chi connectivity index (χ3n) is 2.57. The van der Waals surface area contributed by atoms with Gasteiger partial charge in [-0.05, 0) is 34.2 Å². The fourth-order valence-corrected chi connectivity index (χ4v) is 2.19. The minimum absolute atomic E-state index is 0.224. The van der Waals surface area contributed by atoms with Gasteiger partial charge >= 0.3 is 0 Å². The summed E-state index contributed by atoms with van der Waals surface area (Å²) in [4.78, 5) is 15.7. The third kappa shape index (κ3) is 3.37. The SMILES string of the molecule is O=C(/C=C/c1cccc(-n2cnnn2)c1)Nc1nccs1. The van der Waals surface area contributed by atoms with Crippen LogP contribution in [-0.4, -0.2) is 31.1 Å². The maximum atomic E-state index is 11.7. The summed E-state index contributed by atoms with van der Waals surface area (Å²) in [7, 11) is 0. The van der Waals surface area contributed by atoms with Gasteiger partial charge in [-0.2, -0.15) is 0 Å². The number of benzene rings is 1. The molecule has 0 aliphatic heterocycles. The first-order chi connectivity index (χ1) is 10.3. The molecule has 0 saturated carbocycles. The van der Waals surface area contributed by atoms with Crippen molar-refractivity contribution in [2.24, 2.45) is 0 Å². The summed E-state index contributed by atoms with van der Waals surface area (Å²) in [6.45, 7) is 0. The molecule has 0 unspecified atom stereocenters. The van der Waals surface area contributed by atoms with Crippen LogP contribution in [0.25, 0.3) is 11.8 Å². The molecule has 8 heteroatoms. The highest BCUT2D eigenvalue weighted by Gasteiger charge is 2.01. The first kappa shape index (κ1) is 13.1. The molecule has 2 aromatic heterocycles. The molecule has 7 nitrogen and oxygen atoms in total. The Bertz CT molecular complexity index is 751. The Kier molecular flexibility index (Phi) is 3.79. The zero-order chi connectivity index (χ0) is 14.5. The van der Waals surface area contributed by atoms with Crippen molar-refractivity contribution in [3.63, 3.8) is 0 Å². The molecular formula is C13H10N6OS. The van der Waals surface area contributed by atoms with Crippen LogP contribution < -0.4 is 5.32 Å². The Balaban J connectivity index is 1.71. The fourth-order valence-electron chi connectivity index (χ4n) is 1.65. The van der Waals surface area contributed by atoms with Gasteiger partial charge in [0.25, 0.3) is 0 Å². The van der Waals surface area contributed by atoms with Gasteiger partial charge in [-0.1, -0.05) is 12.1 Å². The third-order valence-corrected chi connectivity index (χ3v) is 3.26. The van der Waals surface area contributed by atoms with Crippen LogP contribution >= 0.6 is 11.3 Å². The van der Waals surface area contributed by atoms with E-state index in [1.165, 1.54) is 23.7 Å². The number of hydrogen-bond acceptors (Lipinski definition) is 6. The van der Waals surface area contributed by atoms with E-state index in [4.69, 9.17) is 0 Å². The molecule has 21 heavy (non-hydrogen) atoms. The Hall–Kier alpha value is -2.87. The molecule has 0 aliphatic carbocycles. The van der Waals surface area contributed by atoms with Crippen LogP contribution in [0.15, 0.2) is 48.2 Å². The molecular weight excluding hydrogens is 288 g/mol. The van der Waals surface area contributed by atoms with Crippen molar-refractivity contribution in [2.45, 2.75) is 0 Å². The number of carbonyl (C=O) groups excluding carboxylic acids is 1. The number of thiazole rings is 1. The fraction of sp³-hybridized carbons (Fsp3) is 0. The Morgan fingerprint density at radius 1 is 1.38 bits per heavy atom. The standard InChI is InChI=1S/C13H10N6OS/c20-12(16-13-14-6-7-21-13)5-4-10-2-1-3-11(8-10)19-9-15-17-18-19/h1-9H,(H,14,16,20)/b5-4+. The van der Waals surface area contributed by atoms with E-state index in [-0.39, 0.29) is 5.91 Å². The van der Waals surface area contributed by atoms with Gasteiger partial charge in [0.2, 0.25) is 5.91 Å². The summed E-state index contributed by atoms with van der Waals surface area (Å²) in [6, 6.07) is 7.52. The van der Waals surface area contributed by atoms with Crippen LogP contribution in [0.2, 0.25) is 0 Å². The largest absolute Gasteiger partial charge is 0.298 e. The molecule has 0 aliphatic rings. The van der Waals surface area contributed by atoms with Gasteiger partial charge in [-0.15, -0.1) is 16.4 Å². The summed E-state index contributed by atoms with van der Waals surface area (Å²) in [6.07, 6.45) is 6.33. The lowest BCUT2D eigenvalue weighted by Gasteiger charge is -2.00. The van der Waals surface area contributed by atoms with Gasteiger partial charge in [-0.3, -0.25) is 10.1 Å². The lowest BCUT2D eigenvalue weighted by Crippen LogP contribution is -2.07. The molecule has 1 aromatic carbocycles. The minimum Gasteiger partial charge on any atom is -0.298 e. The van der Waals surface area contributed by atoms with Crippen LogP contribution in [0, 0.1) is 0 Å². The molecule has 0 radical (unpaired) electrons. The van der Waals surface area contributed by atoms with Crippen molar-refractivity contribution in [3.05, 3.63) is 53.8 Å². The van der Waals surface area contributed by atoms with E-state index in [1.54, 1.807) is 22.3 Å². The number of nitrogens with zero attached hydrogens (tertiary/aromatic N) is 5. The molecule has 0 fully saturated rings. The summed E-state index contributed by atoms with van der Waals surface area (Å²) in [5.74, 6) is -0.224. The molecule has 2 heterocycles. The number of aromatic nitrogens is 5. The van der Waals surface area contributed by atoms with E-state index in [0.717, 1.165) is 11.3 Å². The van der Waals surface area contributed by atoms with Gasteiger partial charge < -0.3 is 0 Å². The second-order valence-electron chi connectivity index (χ2n) is 4.01. The highest BCUT2D eigenvalue weighted by Crippen LogP contribution is 2.12. The average Bonchev–Trinajstić information content (AvgIpc) is 3.19. The predicted molar refractivity (Wildman–Crippen MR) is 78.9 cm³/mol. The smallest absolute Gasteiger partial charge is 0.250 e. The van der Waals surface area contributed by atoms with E-state index in [9.17, 15) is 4.79 Å². The molecule has 104 valence electrons. The van der Waals surface area contributed by atoms with Gasteiger partial charge in [0, 0.05) is 17.7 Å². The molecule has 0 bridgehead atoms. The van der Waals surface area contributed by atoms with Crippen molar-refractivity contribution in [1.29, 1.82) is 0 Å². The summed E-state index contributed by atoms with van der Waals surface area (Å²) < 4.78 is 1.55. The van der Waals surface area contributed by atoms with Crippen molar-refractivity contribution in [2.75, 3.05) is 5.32 Å². The number of hydrogen-bond donors (Lipinski definition) is 1. The zero-order valence-corrected chi connectivity index (χ0v) is 11.6. The first-order valence-electron chi connectivity index (χ1n) is 6.03. The maximum Gasteiger partial charge on any atom is 0.250 e. The predicted octanol–water partition coefficient (Wildman–Crippen LogP) is 1.77. The van der Waals surface area contributed by atoms with Crippen LogP contribution in [-0.2, 0) is 4.79 Å². The van der Waals surface area contributed by atoms with Gasteiger partial charge in [0.05, 0.1) is 5.69 Å². The minimum atomic E-state index is -0.224. The van der Waals surface area contributed by atoms with Crippen molar-refractivity contribution < 1.29 is 4.79 Å². The lowest BCUT2D eigenvalue weighted by atomic mass is 10.2. The van der Waals surface area contributed by atoms with Crippen LogP contribution in [0.4, 0.5) is 5.13 Å². The molecule has 3 rings (SSSR count). The first-order valence-corrected chi connectivity index (χ1v) is 6.91. The second-order valence-corrected chi connectivity index (χ2v) is 4.90. The lowest BCUT2D eigenvalue weighted by molar-refractivity contribution is -0.111. The molecule has 0 atom stereocenters. The topological polar surface area (TPSA) is 85.6 Å². The zero-order valence-electron chi connectivity index (χ0n) is 10.7. The van der Waals surface area contributed by atoms with E-state index >= 15 is 0 Å². The molecule has 0 spiro atoms. The van der Waals surface area contributed by atoms with Gasteiger partial charge in [0.1, 0.15) is 6.33 Å². The molecule has 0 saturated heterocycles. The van der Waals surface area contributed by atoms with E-state index < -0.39 is 0 Å². The second kappa shape index (κ2) is 6.06. The highest BCUT2D eigenvalue weighted by atomic mass is 32.1. The Morgan fingerprint density at radius 2 is 2.33 bits per heavy atom. The summed E-state index contributed by atoms with van der Waals surface area (Å²) in [5, 5.41) is 16.1. The number of tetrazole rings is 1. The van der Waals surface area contributed by atoms with E-state index in [0.29, 0.717) is 5.13 Å². The Morgan fingerprint density at radius 3 is 3.10 bits per heavy atom. The maximum absolute atomic E-state index is 11.7. The quantitative estimate of drug-likeness (QED) is 0.742. The highest BCUT2D eigenvalue weighted by molar-refractivity contribution is 7.13. The van der Waals surface area contributed by atoms with Gasteiger partial charge in [0.15, 0.2) is 5.13 Å². The number of carbonyl (C=O) groups is 1. The van der Waals surface area contributed by atoms with Crippen LogP contribution in [0.3, 0.4) is 0 Å². The summed E-state index contributed by atoms with van der Waals surface area (Å²) in [5.41, 5.74) is 1.69. The normalized spacial score (nSPS) is 10.9. The summed E-state index contributed by atoms with van der Waals surface area (Å²) >= 11 is 1.37. The molecule has 1 N–H and O–H groups in total. The van der Waals surface area contributed by atoms with Crippen molar-refractivity contribution in [1.82, 2.24) is 25.2 Å². The average molecular weight is 298 g/mol. The van der Waals surface area contributed by atoms with Crippen molar-refractivity contribution >= 4 is 28.5 Å². The van der Waals surface area contributed by atoms with E-state index in [1.807, 2.05) is 24.3 Å². The molecule has 1 amide bonds. The number of nitrogens with one attached hydrogen (secondary N) is 1. The molecule has 3 aromatic rings. The number of rotatable bonds is 4. The van der Waals surface area contributed by atoms with Crippen molar-refractivity contribution in [3.8, 4) is 5.69 Å². The Labute approximate surface area is 124 Å². The van der Waals surface area contributed by atoms with Crippen LogP contribution in [0.5, 0.6) is 0 Å².